The summed E-state index contributed by atoms with van der Waals surface area (Å²) in [5, 5.41) is 2.93. The Balaban J connectivity index is 2.27. The van der Waals surface area contributed by atoms with Crippen LogP contribution >= 0.6 is 0 Å². The number of hydrogen-bond donors (Lipinski definition) is 1. The first kappa shape index (κ1) is 18.7. The predicted molar refractivity (Wildman–Crippen MR) is 103 cm³/mol. The van der Waals surface area contributed by atoms with Gasteiger partial charge < -0.3 is 10.2 Å². The minimum absolute atomic E-state index is 0.000564. The zero-order valence-corrected chi connectivity index (χ0v) is 15.6. The van der Waals surface area contributed by atoms with Crippen LogP contribution in [0.3, 0.4) is 0 Å². The van der Waals surface area contributed by atoms with Crippen LogP contribution in [0.25, 0.3) is 0 Å². The zero-order chi connectivity index (χ0) is 18.6. The van der Waals surface area contributed by atoms with Gasteiger partial charge in [-0.05, 0) is 55.5 Å². The van der Waals surface area contributed by atoms with Crippen molar-refractivity contribution in [1.82, 2.24) is 0 Å². The lowest BCUT2D eigenvalue weighted by Crippen LogP contribution is -2.37. The second kappa shape index (κ2) is 7.97. The number of nitrogens with zero attached hydrogens (tertiary/aromatic N) is 1. The van der Waals surface area contributed by atoms with E-state index in [0.29, 0.717) is 0 Å². The first-order chi connectivity index (χ1) is 11.8. The van der Waals surface area contributed by atoms with Crippen molar-refractivity contribution in [1.29, 1.82) is 0 Å². The molecule has 0 heterocycles. The number of nitrogens with one attached hydrogen (secondary N) is 1. The van der Waals surface area contributed by atoms with Gasteiger partial charge >= 0.3 is 0 Å². The molecule has 4 heteroatoms. The Kier molecular flexibility index (Phi) is 5.97. The Bertz CT molecular complexity index is 796. The van der Waals surface area contributed by atoms with E-state index >= 15 is 0 Å². The summed E-state index contributed by atoms with van der Waals surface area (Å²) in [6.45, 7) is 9.45. The molecular formula is C21H26N2O2. The third kappa shape index (κ3) is 4.47. The average molecular weight is 338 g/mol. The third-order valence-electron chi connectivity index (χ3n) is 4.32. The van der Waals surface area contributed by atoms with E-state index in [1.54, 1.807) is 4.90 Å². The van der Waals surface area contributed by atoms with Gasteiger partial charge in [-0.2, -0.15) is 0 Å². The van der Waals surface area contributed by atoms with Gasteiger partial charge in [-0.3, -0.25) is 9.59 Å². The topological polar surface area (TPSA) is 49.4 Å². The summed E-state index contributed by atoms with van der Waals surface area (Å²) in [7, 11) is 0. The molecule has 0 atom stereocenters. The predicted octanol–water partition coefficient (Wildman–Crippen LogP) is 4.17. The quantitative estimate of drug-likeness (QED) is 0.889. The van der Waals surface area contributed by atoms with Crippen LogP contribution in [0.2, 0.25) is 0 Å². The van der Waals surface area contributed by atoms with Gasteiger partial charge in [-0.1, -0.05) is 37.3 Å². The molecule has 2 rings (SSSR count). The zero-order valence-electron chi connectivity index (χ0n) is 15.6. The summed E-state index contributed by atoms with van der Waals surface area (Å²) in [6, 6.07) is 11.9. The van der Waals surface area contributed by atoms with Crippen molar-refractivity contribution in [2.75, 3.05) is 16.8 Å². The van der Waals surface area contributed by atoms with E-state index in [2.05, 4.69) is 5.32 Å². The molecule has 0 unspecified atom stereocenters. The average Bonchev–Trinajstić information content (AvgIpc) is 2.56. The van der Waals surface area contributed by atoms with Crippen LogP contribution in [-0.2, 0) is 16.0 Å². The Morgan fingerprint density at radius 1 is 1.04 bits per heavy atom. The maximum absolute atomic E-state index is 12.6. The summed E-state index contributed by atoms with van der Waals surface area (Å²) < 4.78 is 0. The maximum Gasteiger partial charge on any atom is 0.244 e. The summed E-state index contributed by atoms with van der Waals surface area (Å²) in [4.78, 5) is 26.4. The SMILES string of the molecule is CCc1cccc(C)c1N(CC(=O)Nc1cc(C)ccc1C)C(C)=O. The number of benzene rings is 2. The number of carbonyl (C=O) groups excluding carboxylic acids is 2. The Morgan fingerprint density at radius 2 is 1.76 bits per heavy atom. The van der Waals surface area contributed by atoms with E-state index in [-0.39, 0.29) is 18.4 Å². The molecule has 0 bridgehead atoms. The Labute approximate surface area is 149 Å². The molecule has 0 radical (unpaired) electrons. The molecule has 2 aromatic rings. The fraction of sp³-hybridized carbons (Fsp3) is 0.333. The van der Waals surface area contributed by atoms with Gasteiger partial charge in [0.2, 0.25) is 11.8 Å². The number of para-hydroxylation sites is 1. The maximum atomic E-state index is 12.6. The van der Waals surface area contributed by atoms with E-state index in [1.165, 1.54) is 6.92 Å². The van der Waals surface area contributed by atoms with Crippen LogP contribution in [0.15, 0.2) is 36.4 Å². The lowest BCUT2D eigenvalue weighted by atomic mass is 10.0. The van der Waals surface area contributed by atoms with E-state index in [9.17, 15) is 9.59 Å². The minimum atomic E-state index is -0.200. The first-order valence-corrected chi connectivity index (χ1v) is 8.57. The largest absolute Gasteiger partial charge is 0.324 e. The highest BCUT2D eigenvalue weighted by molar-refractivity contribution is 6.02. The fourth-order valence-electron chi connectivity index (χ4n) is 2.94. The Morgan fingerprint density at radius 3 is 2.40 bits per heavy atom. The van der Waals surface area contributed by atoms with Gasteiger partial charge in [0, 0.05) is 12.6 Å². The van der Waals surface area contributed by atoms with Gasteiger partial charge in [0.15, 0.2) is 0 Å². The van der Waals surface area contributed by atoms with Gasteiger partial charge in [0.1, 0.15) is 6.54 Å². The molecular weight excluding hydrogens is 312 g/mol. The fourth-order valence-corrected chi connectivity index (χ4v) is 2.94. The van der Waals surface area contributed by atoms with E-state index < -0.39 is 0 Å². The molecule has 0 saturated heterocycles. The number of hydrogen-bond acceptors (Lipinski definition) is 2. The van der Waals surface area contributed by atoms with Crippen molar-refractivity contribution in [3.8, 4) is 0 Å². The number of amides is 2. The van der Waals surface area contributed by atoms with Crippen molar-refractivity contribution in [3.05, 3.63) is 58.7 Å². The normalized spacial score (nSPS) is 10.4. The van der Waals surface area contributed by atoms with Crippen LogP contribution in [0.1, 0.15) is 36.1 Å². The van der Waals surface area contributed by atoms with Crippen molar-refractivity contribution in [2.24, 2.45) is 0 Å². The van der Waals surface area contributed by atoms with Gasteiger partial charge in [-0.15, -0.1) is 0 Å². The lowest BCUT2D eigenvalue weighted by molar-refractivity contribution is -0.120. The molecule has 2 amide bonds. The van der Waals surface area contributed by atoms with Crippen LogP contribution in [0.4, 0.5) is 11.4 Å². The van der Waals surface area contributed by atoms with E-state index in [1.807, 2.05) is 64.1 Å². The molecule has 0 saturated carbocycles. The van der Waals surface area contributed by atoms with Crippen LogP contribution in [-0.4, -0.2) is 18.4 Å². The summed E-state index contributed by atoms with van der Waals surface area (Å²) in [5.41, 5.74) is 5.77. The minimum Gasteiger partial charge on any atom is -0.324 e. The Hall–Kier alpha value is -2.62. The molecule has 0 aliphatic heterocycles. The molecule has 25 heavy (non-hydrogen) atoms. The molecule has 0 aliphatic rings. The molecule has 132 valence electrons. The highest BCUT2D eigenvalue weighted by atomic mass is 16.2. The molecule has 2 aromatic carbocycles. The first-order valence-electron chi connectivity index (χ1n) is 8.57. The van der Waals surface area contributed by atoms with Crippen LogP contribution < -0.4 is 10.2 Å². The van der Waals surface area contributed by atoms with Gasteiger partial charge in [-0.25, -0.2) is 0 Å². The molecule has 0 fully saturated rings. The highest BCUT2D eigenvalue weighted by Gasteiger charge is 2.20. The lowest BCUT2D eigenvalue weighted by Gasteiger charge is -2.25. The standard InChI is InChI=1S/C21H26N2O2/c1-6-18-9-7-8-16(4)21(18)23(17(5)24)13-20(25)22-19-12-14(2)10-11-15(19)3/h7-12H,6,13H2,1-5H3,(H,22,25). The van der Waals surface area contributed by atoms with Crippen LogP contribution in [0.5, 0.6) is 0 Å². The second-order valence-corrected chi connectivity index (χ2v) is 6.41. The van der Waals surface area contributed by atoms with Gasteiger partial charge in [0.05, 0.1) is 5.69 Å². The number of aryl methyl sites for hydroxylation is 4. The number of carbonyl (C=O) groups is 2. The van der Waals surface area contributed by atoms with Crippen molar-refractivity contribution >= 4 is 23.2 Å². The molecule has 0 aromatic heterocycles. The summed E-state index contributed by atoms with van der Waals surface area (Å²) >= 11 is 0. The number of anilines is 2. The molecule has 0 aliphatic carbocycles. The molecule has 1 N–H and O–H groups in total. The van der Waals surface area contributed by atoms with E-state index in [4.69, 9.17) is 0 Å². The third-order valence-corrected chi connectivity index (χ3v) is 4.32. The van der Waals surface area contributed by atoms with Crippen molar-refractivity contribution in [2.45, 2.75) is 41.0 Å². The van der Waals surface area contributed by atoms with Gasteiger partial charge in [0.25, 0.3) is 0 Å². The summed E-state index contributed by atoms with van der Waals surface area (Å²) in [6.07, 6.45) is 0.805. The molecule has 4 nitrogen and oxygen atoms in total. The summed E-state index contributed by atoms with van der Waals surface area (Å²) in [5.74, 6) is -0.339. The number of rotatable bonds is 5. The van der Waals surface area contributed by atoms with Crippen LogP contribution in [0, 0.1) is 20.8 Å². The second-order valence-electron chi connectivity index (χ2n) is 6.41. The molecule has 0 spiro atoms. The monoisotopic (exact) mass is 338 g/mol. The van der Waals surface area contributed by atoms with Crippen molar-refractivity contribution < 1.29 is 9.59 Å². The smallest absolute Gasteiger partial charge is 0.244 e. The van der Waals surface area contributed by atoms with Crippen molar-refractivity contribution in [3.63, 3.8) is 0 Å². The van der Waals surface area contributed by atoms with E-state index in [0.717, 1.165) is 40.0 Å². The highest BCUT2D eigenvalue weighted by Crippen LogP contribution is 2.26.